The number of nitrogens with one attached hydrogen (secondary N) is 1. The molecule has 0 unspecified atom stereocenters. The number of aryl methyl sites for hydroxylation is 1. The Bertz CT molecular complexity index is 700. The number of nitrogens with zero attached hydrogens (tertiary/aromatic N) is 1. The van der Waals surface area contributed by atoms with Crippen LogP contribution in [0, 0.1) is 6.92 Å². The second-order valence-electron chi connectivity index (χ2n) is 5.61. The minimum Gasteiger partial charge on any atom is -0.362 e. The predicted octanol–water partition coefficient (Wildman–Crippen LogP) is 1.85. The highest BCUT2D eigenvalue weighted by Crippen LogP contribution is 2.25. The lowest BCUT2D eigenvalue weighted by atomic mass is 9.94. The molecule has 1 aliphatic rings. The Kier molecular flexibility index (Phi) is 3.60. The molecule has 4 heteroatoms. The Morgan fingerprint density at radius 2 is 1.95 bits per heavy atom. The van der Waals surface area contributed by atoms with Crippen molar-refractivity contribution < 1.29 is 4.79 Å². The fourth-order valence-corrected chi connectivity index (χ4v) is 2.69. The van der Waals surface area contributed by atoms with Gasteiger partial charge in [-0.1, -0.05) is 30.3 Å². The zero-order valence-electron chi connectivity index (χ0n) is 12.0. The first kappa shape index (κ1) is 13.6. The van der Waals surface area contributed by atoms with Crippen molar-refractivity contribution in [2.75, 3.05) is 13.1 Å². The van der Waals surface area contributed by atoms with Crippen LogP contribution in [0.5, 0.6) is 0 Å². The molecule has 1 N–H and O–H groups in total. The summed E-state index contributed by atoms with van der Waals surface area (Å²) in [5.41, 5.74) is 2.86. The van der Waals surface area contributed by atoms with Crippen LogP contribution < -0.4 is 5.43 Å². The molecule has 1 fully saturated rings. The molecule has 1 aromatic heterocycles. The van der Waals surface area contributed by atoms with Gasteiger partial charge >= 0.3 is 0 Å². The first-order valence-corrected chi connectivity index (χ1v) is 7.14. The number of carbonyl (C=O) groups is 1. The molecule has 2 aromatic rings. The molecule has 4 nitrogen and oxygen atoms in total. The van der Waals surface area contributed by atoms with Crippen LogP contribution in [0.15, 0.2) is 47.3 Å². The van der Waals surface area contributed by atoms with Crippen molar-refractivity contribution >= 4 is 5.91 Å². The SMILES string of the molecule is Cc1cc(=O)cc(C2CN(C(=O)Cc3ccccc3)C2)[nH]1. The zero-order valence-corrected chi connectivity index (χ0v) is 12.0. The van der Waals surface area contributed by atoms with Crippen LogP contribution in [-0.2, 0) is 11.2 Å². The molecule has 21 heavy (non-hydrogen) atoms. The zero-order chi connectivity index (χ0) is 14.8. The number of likely N-dealkylation sites (tertiary alicyclic amines) is 1. The maximum atomic E-state index is 12.2. The third-order valence-corrected chi connectivity index (χ3v) is 3.87. The van der Waals surface area contributed by atoms with Crippen molar-refractivity contribution in [1.29, 1.82) is 0 Å². The van der Waals surface area contributed by atoms with Crippen molar-refractivity contribution in [3.8, 4) is 0 Å². The fourth-order valence-electron chi connectivity index (χ4n) is 2.69. The number of amides is 1. The van der Waals surface area contributed by atoms with Crippen LogP contribution in [0.1, 0.15) is 22.9 Å². The van der Waals surface area contributed by atoms with Gasteiger partial charge in [0.15, 0.2) is 5.43 Å². The predicted molar refractivity (Wildman–Crippen MR) is 81.3 cm³/mol. The number of benzene rings is 1. The molecule has 0 atom stereocenters. The van der Waals surface area contributed by atoms with Gasteiger partial charge in [0, 0.05) is 42.5 Å². The monoisotopic (exact) mass is 282 g/mol. The van der Waals surface area contributed by atoms with Gasteiger partial charge < -0.3 is 9.88 Å². The van der Waals surface area contributed by atoms with E-state index in [1.807, 2.05) is 42.2 Å². The van der Waals surface area contributed by atoms with Gasteiger partial charge in [0.05, 0.1) is 6.42 Å². The lowest BCUT2D eigenvalue weighted by Crippen LogP contribution is -2.49. The molecule has 0 spiro atoms. The lowest BCUT2D eigenvalue weighted by Gasteiger charge is -2.39. The second-order valence-corrected chi connectivity index (χ2v) is 5.61. The highest BCUT2D eigenvalue weighted by molar-refractivity contribution is 5.79. The lowest BCUT2D eigenvalue weighted by molar-refractivity contribution is -0.134. The van der Waals surface area contributed by atoms with Gasteiger partial charge in [-0.05, 0) is 12.5 Å². The molecular formula is C17H18N2O2. The number of aromatic nitrogens is 1. The maximum absolute atomic E-state index is 12.2. The smallest absolute Gasteiger partial charge is 0.227 e. The Morgan fingerprint density at radius 3 is 2.62 bits per heavy atom. The Balaban J connectivity index is 1.60. The highest BCUT2D eigenvalue weighted by Gasteiger charge is 2.32. The van der Waals surface area contributed by atoms with Crippen molar-refractivity contribution in [3.05, 3.63) is 69.6 Å². The van der Waals surface area contributed by atoms with Crippen LogP contribution in [0.3, 0.4) is 0 Å². The number of aromatic amines is 1. The topological polar surface area (TPSA) is 53.2 Å². The summed E-state index contributed by atoms with van der Waals surface area (Å²) in [5.74, 6) is 0.393. The van der Waals surface area contributed by atoms with E-state index in [1.54, 1.807) is 12.1 Å². The molecule has 0 aliphatic carbocycles. The van der Waals surface area contributed by atoms with E-state index in [1.165, 1.54) is 0 Å². The van der Waals surface area contributed by atoms with Crippen LogP contribution in [-0.4, -0.2) is 28.9 Å². The van der Waals surface area contributed by atoms with Gasteiger partial charge in [0.1, 0.15) is 0 Å². The minimum atomic E-state index is 0.0234. The van der Waals surface area contributed by atoms with E-state index in [9.17, 15) is 9.59 Å². The first-order valence-electron chi connectivity index (χ1n) is 7.14. The Morgan fingerprint density at radius 1 is 1.24 bits per heavy atom. The highest BCUT2D eigenvalue weighted by atomic mass is 16.2. The maximum Gasteiger partial charge on any atom is 0.227 e. The van der Waals surface area contributed by atoms with Crippen molar-refractivity contribution in [2.45, 2.75) is 19.3 Å². The van der Waals surface area contributed by atoms with Crippen molar-refractivity contribution in [2.24, 2.45) is 0 Å². The molecule has 1 saturated heterocycles. The quantitative estimate of drug-likeness (QED) is 0.934. The summed E-state index contributed by atoms with van der Waals surface area (Å²) in [6.07, 6.45) is 0.442. The van der Waals surface area contributed by atoms with Gasteiger partial charge in [-0.25, -0.2) is 0 Å². The molecule has 0 bridgehead atoms. The van der Waals surface area contributed by atoms with E-state index < -0.39 is 0 Å². The van der Waals surface area contributed by atoms with E-state index in [4.69, 9.17) is 0 Å². The molecule has 1 amide bonds. The number of H-pyrrole nitrogens is 1. The minimum absolute atomic E-state index is 0.0234. The number of carbonyl (C=O) groups excluding carboxylic acids is 1. The number of hydrogen-bond acceptors (Lipinski definition) is 2. The van der Waals surface area contributed by atoms with Gasteiger partial charge in [0.25, 0.3) is 0 Å². The summed E-state index contributed by atoms with van der Waals surface area (Å²) in [4.78, 5) is 28.7. The van der Waals surface area contributed by atoms with Crippen molar-refractivity contribution in [1.82, 2.24) is 9.88 Å². The normalized spacial score (nSPS) is 14.8. The van der Waals surface area contributed by atoms with E-state index >= 15 is 0 Å². The molecule has 1 aliphatic heterocycles. The Hall–Kier alpha value is -2.36. The van der Waals surface area contributed by atoms with Crippen LogP contribution in [0.2, 0.25) is 0 Å². The van der Waals surface area contributed by atoms with Crippen molar-refractivity contribution in [3.63, 3.8) is 0 Å². The molecule has 0 saturated carbocycles. The van der Waals surface area contributed by atoms with E-state index in [0.717, 1.165) is 17.0 Å². The molecule has 2 heterocycles. The number of hydrogen-bond donors (Lipinski definition) is 1. The van der Waals surface area contributed by atoms with Crippen LogP contribution >= 0.6 is 0 Å². The van der Waals surface area contributed by atoms with Gasteiger partial charge in [0.2, 0.25) is 5.91 Å². The first-order chi connectivity index (χ1) is 10.1. The molecule has 1 aromatic carbocycles. The van der Waals surface area contributed by atoms with Crippen LogP contribution in [0.4, 0.5) is 0 Å². The van der Waals surface area contributed by atoms with Gasteiger partial charge in [-0.3, -0.25) is 9.59 Å². The summed E-state index contributed by atoms with van der Waals surface area (Å²) in [6, 6.07) is 13.0. The number of rotatable bonds is 3. The Labute approximate surface area is 123 Å². The molecular weight excluding hydrogens is 264 g/mol. The molecule has 3 rings (SSSR count). The standard InChI is InChI=1S/C17H18N2O2/c1-12-7-15(20)9-16(18-12)14-10-19(11-14)17(21)8-13-5-3-2-4-6-13/h2-7,9,14H,8,10-11H2,1H3,(H,18,20). The van der Waals surface area contributed by atoms with Gasteiger partial charge in [-0.15, -0.1) is 0 Å². The largest absolute Gasteiger partial charge is 0.362 e. The third kappa shape index (κ3) is 3.05. The van der Waals surface area contributed by atoms with E-state index in [0.29, 0.717) is 19.5 Å². The fraction of sp³-hybridized carbons (Fsp3) is 0.294. The summed E-state index contributed by atoms with van der Waals surface area (Å²) >= 11 is 0. The summed E-state index contributed by atoms with van der Waals surface area (Å²) in [5, 5.41) is 0. The average Bonchev–Trinajstić information content (AvgIpc) is 2.36. The summed E-state index contributed by atoms with van der Waals surface area (Å²) < 4.78 is 0. The number of pyridine rings is 1. The summed E-state index contributed by atoms with van der Waals surface area (Å²) in [6.45, 7) is 3.25. The van der Waals surface area contributed by atoms with Crippen LogP contribution in [0.25, 0.3) is 0 Å². The van der Waals surface area contributed by atoms with Gasteiger partial charge in [-0.2, -0.15) is 0 Å². The second kappa shape index (κ2) is 5.56. The van der Waals surface area contributed by atoms with E-state index in [-0.39, 0.29) is 17.3 Å². The summed E-state index contributed by atoms with van der Waals surface area (Å²) in [7, 11) is 0. The average molecular weight is 282 g/mol. The van der Waals surface area contributed by atoms with E-state index in [2.05, 4.69) is 4.98 Å². The molecule has 108 valence electrons. The molecule has 0 radical (unpaired) electrons. The third-order valence-electron chi connectivity index (χ3n) is 3.87.